The van der Waals surface area contributed by atoms with Gasteiger partial charge in [0.2, 0.25) is 0 Å². The molecule has 3 heterocycles. The molecule has 10 nitrogen and oxygen atoms in total. The van der Waals surface area contributed by atoms with Crippen LogP contribution in [-0.4, -0.2) is 54.2 Å². The molecule has 0 unspecified atom stereocenters. The van der Waals surface area contributed by atoms with E-state index in [0.717, 1.165) is 37.2 Å². The maximum absolute atomic E-state index is 12.8. The van der Waals surface area contributed by atoms with Crippen LogP contribution in [0.2, 0.25) is 0 Å². The number of aromatic nitrogens is 7. The molecule has 0 atom stereocenters. The summed E-state index contributed by atoms with van der Waals surface area (Å²) >= 11 is 0. The molecule has 1 saturated heterocycles. The molecule has 0 spiro atoms. The molecule has 1 amide bonds. The lowest BCUT2D eigenvalue weighted by molar-refractivity contribution is 0.102. The van der Waals surface area contributed by atoms with Gasteiger partial charge in [-0.3, -0.25) is 4.79 Å². The molecule has 4 rings (SSSR count). The normalized spacial score (nSPS) is 14.4. The van der Waals surface area contributed by atoms with Crippen molar-refractivity contribution in [3.8, 4) is 11.4 Å². The highest BCUT2D eigenvalue weighted by Gasteiger charge is 2.23. The Kier molecular flexibility index (Phi) is 6.55. The van der Waals surface area contributed by atoms with Gasteiger partial charge in [-0.1, -0.05) is 17.3 Å². The molecule has 0 saturated carbocycles. The average Bonchev–Trinajstić information content (AvgIpc) is 3.35. The number of halogens is 1. The standard InChI is InChI=1S/C18H23N9O.ClH/c1-3-26-17(22-23-25-26)13-5-4-6-14(11-13)20-18(28)16-12(2)27(24-21-16)15-7-9-19-10-8-15;/h4-6,11,15,19H,3,7-10H2,1-2H3,(H,20,28);1H. The van der Waals surface area contributed by atoms with Crippen LogP contribution in [-0.2, 0) is 6.54 Å². The lowest BCUT2D eigenvalue weighted by Gasteiger charge is -2.23. The fraction of sp³-hybridized carbons (Fsp3) is 0.444. The topological polar surface area (TPSA) is 115 Å². The summed E-state index contributed by atoms with van der Waals surface area (Å²) in [5.74, 6) is 0.386. The molecule has 2 N–H and O–H groups in total. The molecule has 0 bridgehead atoms. The predicted octanol–water partition coefficient (Wildman–Crippen LogP) is 1.86. The van der Waals surface area contributed by atoms with Crippen LogP contribution in [0.3, 0.4) is 0 Å². The van der Waals surface area contributed by atoms with Crippen molar-refractivity contribution in [2.75, 3.05) is 18.4 Å². The number of nitrogens with zero attached hydrogens (tertiary/aromatic N) is 7. The second kappa shape index (κ2) is 9.10. The van der Waals surface area contributed by atoms with E-state index in [9.17, 15) is 4.79 Å². The van der Waals surface area contributed by atoms with Gasteiger partial charge in [0.1, 0.15) is 0 Å². The summed E-state index contributed by atoms with van der Waals surface area (Å²) < 4.78 is 3.58. The highest BCUT2D eigenvalue weighted by molar-refractivity contribution is 6.03. The molecule has 2 aromatic heterocycles. The minimum Gasteiger partial charge on any atom is -0.321 e. The third-order valence-electron chi connectivity index (χ3n) is 5.01. The number of piperidine rings is 1. The van der Waals surface area contributed by atoms with Gasteiger partial charge in [-0.2, -0.15) is 0 Å². The second-order valence-corrected chi connectivity index (χ2v) is 6.80. The van der Waals surface area contributed by atoms with Crippen molar-refractivity contribution in [2.45, 2.75) is 39.3 Å². The first-order valence-electron chi connectivity index (χ1n) is 9.48. The van der Waals surface area contributed by atoms with E-state index >= 15 is 0 Å². The summed E-state index contributed by atoms with van der Waals surface area (Å²) in [5, 5.41) is 26.3. The van der Waals surface area contributed by atoms with Crippen LogP contribution in [0, 0.1) is 6.92 Å². The molecule has 0 radical (unpaired) electrons. The Morgan fingerprint density at radius 3 is 2.79 bits per heavy atom. The molecule has 0 aliphatic carbocycles. The van der Waals surface area contributed by atoms with Gasteiger partial charge in [0.15, 0.2) is 11.5 Å². The minimum absolute atomic E-state index is 0. The molecule has 3 aromatic rings. The Hall–Kier alpha value is -2.85. The zero-order valence-corrected chi connectivity index (χ0v) is 17.2. The summed E-state index contributed by atoms with van der Waals surface area (Å²) in [6.45, 7) is 6.44. The molecule has 1 aliphatic heterocycles. The van der Waals surface area contributed by atoms with Crippen LogP contribution in [0.1, 0.15) is 42.0 Å². The lowest BCUT2D eigenvalue weighted by atomic mass is 10.1. The van der Waals surface area contributed by atoms with Gasteiger partial charge in [0.05, 0.1) is 11.7 Å². The van der Waals surface area contributed by atoms with Gasteiger partial charge in [-0.15, -0.1) is 22.6 Å². The zero-order valence-electron chi connectivity index (χ0n) is 16.4. The number of carbonyl (C=O) groups excluding carboxylic acids is 1. The third-order valence-corrected chi connectivity index (χ3v) is 5.01. The third kappa shape index (κ3) is 4.28. The quantitative estimate of drug-likeness (QED) is 0.650. The van der Waals surface area contributed by atoms with Crippen LogP contribution in [0.15, 0.2) is 24.3 Å². The smallest absolute Gasteiger partial charge is 0.278 e. The Morgan fingerprint density at radius 1 is 1.24 bits per heavy atom. The van der Waals surface area contributed by atoms with Crippen LogP contribution in [0.5, 0.6) is 0 Å². The van der Waals surface area contributed by atoms with Gasteiger partial charge in [0.25, 0.3) is 5.91 Å². The van der Waals surface area contributed by atoms with E-state index in [2.05, 4.69) is 36.5 Å². The maximum Gasteiger partial charge on any atom is 0.278 e. The number of hydrogen-bond donors (Lipinski definition) is 2. The SMILES string of the molecule is CCn1nnnc1-c1cccc(NC(=O)c2nnn(C3CCNCC3)c2C)c1.Cl. The number of amides is 1. The Balaban J connectivity index is 0.00000240. The van der Waals surface area contributed by atoms with Crippen LogP contribution in [0.25, 0.3) is 11.4 Å². The molecular weight excluding hydrogens is 394 g/mol. The van der Waals surface area contributed by atoms with Crippen LogP contribution >= 0.6 is 12.4 Å². The number of tetrazole rings is 1. The Morgan fingerprint density at radius 2 is 2.03 bits per heavy atom. The minimum atomic E-state index is -0.273. The number of rotatable bonds is 5. The van der Waals surface area contributed by atoms with Gasteiger partial charge >= 0.3 is 0 Å². The summed E-state index contributed by atoms with van der Waals surface area (Å²) in [6.07, 6.45) is 1.97. The summed E-state index contributed by atoms with van der Waals surface area (Å²) in [6, 6.07) is 7.73. The first kappa shape index (κ1) is 20.9. The number of aryl methyl sites for hydroxylation is 1. The predicted molar refractivity (Wildman–Crippen MR) is 110 cm³/mol. The monoisotopic (exact) mass is 417 g/mol. The maximum atomic E-state index is 12.8. The number of hydrogen-bond acceptors (Lipinski definition) is 7. The van der Waals surface area contributed by atoms with Gasteiger partial charge in [0, 0.05) is 17.8 Å². The molecule has 1 aromatic carbocycles. The first-order valence-corrected chi connectivity index (χ1v) is 9.48. The first-order chi connectivity index (χ1) is 13.7. The largest absolute Gasteiger partial charge is 0.321 e. The highest BCUT2D eigenvalue weighted by atomic mass is 35.5. The number of carbonyl (C=O) groups is 1. The fourth-order valence-corrected chi connectivity index (χ4v) is 3.50. The van der Waals surface area contributed by atoms with Gasteiger partial charge in [-0.25, -0.2) is 9.36 Å². The molecule has 11 heteroatoms. The molecule has 29 heavy (non-hydrogen) atoms. The number of nitrogens with one attached hydrogen (secondary N) is 2. The van der Waals surface area contributed by atoms with E-state index in [-0.39, 0.29) is 24.4 Å². The molecule has 154 valence electrons. The van der Waals surface area contributed by atoms with Crippen molar-refractivity contribution < 1.29 is 4.79 Å². The van der Waals surface area contributed by atoms with E-state index in [0.29, 0.717) is 23.8 Å². The van der Waals surface area contributed by atoms with Gasteiger partial charge in [-0.05, 0) is 62.3 Å². The average molecular weight is 418 g/mol. The van der Waals surface area contributed by atoms with Crippen molar-refractivity contribution in [2.24, 2.45) is 0 Å². The second-order valence-electron chi connectivity index (χ2n) is 6.80. The van der Waals surface area contributed by atoms with Crippen LogP contribution < -0.4 is 10.6 Å². The Bertz CT molecular complexity index is 977. The molecule has 1 aliphatic rings. The van der Waals surface area contributed by atoms with E-state index in [1.807, 2.05) is 42.8 Å². The van der Waals surface area contributed by atoms with Crippen molar-refractivity contribution in [1.82, 2.24) is 40.5 Å². The van der Waals surface area contributed by atoms with E-state index in [1.54, 1.807) is 4.68 Å². The highest BCUT2D eigenvalue weighted by Crippen LogP contribution is 2.23. The summed E-state index contributed by atoms with van der Waals surface area (Å²) in [7, 11) is 0. The number of benzene rings is 1. The fourth-order valence-electron chi connectivity index (χ4n) is 3.50. The lowest BCUT2D eigenvalue weighted by Crippen LogP contribution is -2.30. The van der Waals surface area contributed by atoms with Crippen molar-refractivity contribution in [3.05, 3.63) is 35.7 Å². The van der Waals surface area contributed by atoms with Crippen molar-refractivity contribution in [1.29, 1.82) is 0 Å². The molecular formula is C18H24ClN9O. The zero-order chi connectivity index (χ0) is 19.5. The van der Waals surface area contributed by atoms with E-state index in [1.165, 1.54) is 0 Å². The van der Waals surface area contributed by atoms with Crippen LogP contribution in [0.4, 0.5) is 5.69 Å². The Labute approximate surface area is 174 Å². The van der Waals surface area contributed by atoms with Crippen molar-refractivity contribution in [3.63, 3.8) is 0 Å². The van der Waals surface area contributed by atoms with Gasteiger partial charge < -0.3 is 10.6 Å². The van der Waals surface area contributed by atoms with E-state index in [4.69, 9.17) is 0 Å². The molecule has 1 fully saturated rings. The van der Waals surface area contributed by atoms with Crippen molar-refractivity contribution >= 4 is 24.0 Å². The summed E-state index contributed by atoms with van der Waals surface area (Å²) in [5.41, 5.74) is 2.63. The number of anilines is 1. The summed E-state index contributed by atoms with van der Waals surface area (Å²) in [4.78, 5) is 12.8. The van der Waals surface area contributed by atoms with E-state index < -0.39 is 0 Å².